The number of halogens is 1. The number of alkyl halides is 1. The van der Waals surface area contributed by atoms with E-state index in [1.165, 1.54) is 0 Å². The Morgan fingerprint density at radius 1 is 1.65 bits per heavy atom. The molecule has 0 aromatic rings. The fraction of sp³-hybridized carbons (Fsp3) is 0.714. The van der Waals surface area contributed by atoms with Crippen molar-refractivity contribution in [3.05, 3.63) is 23.6 Å². The van der Waals surface area contributed by atoms with E-state index < -0.39 is 5.60 Å². The van der Waals surface area contributed by atoms with E-state index in [4.69, 9.17) is 25.8 Å². The highest BCUT2D eigenvalue weighted by molar-refractivity contribution is 6.21. The number of aliphatic hydroxyl groups is 1. The van der Waals surface area contributed by atoms with Gasteiger partial charge in [-0.15, -0.1) is 0 Å². The molecule has 2 aliphatic heterocycles. The van der Waals surface area contributed by atoms with Gasteiger partial charge in [-0.3, -0.25) is 0 Å². The maximum absolute atomic E-state index is 9.25. The third kappa shape index (κ3) is 3.67. The van der Waals surface area contributed by atoms with Crippen molar-refractivity contribution in [1.82, 2.24) is 5.32 Å². The maximum atomic E-state index is 9.25. The molecule has 0 aliphatic carbocycles. The van der Waals surface area contributed by atoms with Crippen LogP contribution in [0.3, 0.4) is 0 Å². The van der Waals surface area contributed by atoms with Crippen molar-refractivity contribution >= 4 is 11.6 Å². The maximum Gasteiger partial charge on any atom is 0.133 e. The zero-order chi connectivity index (χ0) is 14.6. The second-order valence-corrected chi connectivity index (χ2v) is 5.63. The molecule has 0 aromatic heterocycles. The Labute approximate surface area is 124 Å². The van der Waals surface area contributed by atoms with Gasteiger partial charge in [0.25, 0.3) is 0 Å². The van der Waals surface area contributed by atoms with Crippen LogP contribution in [0.15, 0.2) is 23.6 Å². The fourth-order valence-corrected chi connectivity index (χ4v) is 2.54. The van der Waals surface area contributed by atoms with Crippen molar-refractivity contribution in [2.45, 2.75) is 37.0 Å². The first-order valence-corrected chi connectivity index (χ1v) is 7.28. The molecule has 3 atom stereocenters. The minimum absolute atomic E-state index is 0.343. The van der Waals surface area contributed by atoms with Crippen molar-refractivity contribution < 1.29 is 19.3 Å². The smallest absolute Gasteiger partial charge is 0.133 e. The third-order valence-electron chi connectivity index (χ3n) is 3.56. The van der Waals surface area contributed by atoms with E-state index in [0.29, 0.717) is 32.0 Å². The Hall–Kier alpha value is -0.750. The predicted molar refractivity (Wildman–Crippen MR) is 76.4 cm³/mol. The minimum atomic E-state index is -0.472. The largest absolute Gasteiger partial charge is 0.494 e. The van der Waals surface area contributed by atoms with E-state index >= 15 is 0 Å². The van der Waals surface area contributed by atoms with Gasteiger partial charge in [0.05, 0.1) is 25.0 Å². The van der Waals surface area contributed by atoms with Crippen LogP contribution in [-0.4, -0.2) is 49.2 Å². The summed E-state index contributed by atoms with van der Waals surface area (Å²) in [5.74, 6) is 0.697. The van der Waals surface area contributed by atoms with Gasteiger partial charge in [0.2, 0.25) is 0 Å². The number of methoxy groups -OCH3 is 1. The molecule has 1 unspecified atom stereocenters. The first-order valence-electron chi connectivity index (χ1n) is 6.84. The van der Waals surface area contributed by atoms with E-state index in [9.17, 15) is 5.11 Å². The van der Waals surface area contributed by atoms with Gasteiger partial charge in [0, 0.05) is 32.6 Å². The minimum Gasteiger partial charge on any atom is -0.494 e. The standard InChI is InChI=1S/C14H22ClNO4/c1-10(17)3-5-20-11-7-12(16-13(15)8-11)14(18-2)4-6-19-9-14/h7-8,10,13,16-17H,3-6,9H2,1-2H3/t10-,13?,14-/m0/s1. The Morgan fingerprint density at radius 2 is 2.45 bits per heavy atom. The quantitative estimate of drug-likeness (QED) is 0.575. The summed E-state index contributed by atoms with van der Waals surface area (Å²) in [6.07, 6.45) is 4.69. The van der Waals surface area contributed by atoms with Crippen molar-refractivity contribution in [2.75, 3.05) is 26.9 Å². The summed E-state index contributed by atoms with van der Waals surface area (Å²) in [6.45, 7) is 3.36. The van der Waals surface area contributed by atoms with E-state index in [0.717, 1.165) is 12.1 Å². The molecule has 2 aliphatic rings. The molecule has 0 aromatic carbocycles. The lowest BCUT2D eigenvalue weighted by Crippen LogP contribution is -2.44. The molecule has 0 saturated carbocycles. The zero-order valence-electron chi connectivity index (χ0n) is 11.9. The molecule has 0 bridgehead atoms. The monoisotopic (exact) mass is 303 g/mol. The molecule has 1 fully saturated rings. The summed E-state index contributed by atoms with van der Waals surface area (Å²) in [4.78, 5) is 0. The number of allylic oxidation sites excluding steroid dienone is 1. The summed E-state index contributed by atoms with van der Waals surface area (Å²) >= 11 is 6.19. The van der Waals surface area contributed by atoms with Crippen LogP contribution in [0.1, 0.15) is 19.8 Å². The van der Waals surface area contributed by atoms with Gasteiger partial charge in [0.1, 0.15) is 16.9 Å². The summed E-state index contributed by atoms with van der Waals surface area (Å²) in [7, 11) is 1.67. The van der Waals surface area contributed by atoms with Crippen LogP contribution in [0.4, 0.5) is 0 Å². The number of nitrogens with one attached hydrogen (secondary N) is 1. The molecule has 114 valence electrons. The van der Waals surface area contributed by atoms with Crippen LogP contribution in [0.25, 0.3) is 0 Å². The van der Waals surface area contributed by atoms with Crippen molar-refractivity contribution in [2.24, 2.45) is 0 Å². The zero-order valence-corrected chi connectivity index (χ0v) is 12.7. The van der Waals surface area contributed by atoms with Gasteiger partial charge < -0.3 is 24.6 Å². The first-order chi connectivity index (χ1) is 9.55. The first kappa shape index (κ1) is 15.6. The Morgan fingerprint density at radius 3 is 3.05 bits per heavy atom. The van der Waals surface area contributed by atoms with Crippen LogP contribution in [0.2, 0.25) is 0 Å². The Kier molecular flexibility index (Phi) is 5.32. The van der Waals surface area contributed by atoms with Crippen LogP contribution < -0.4 is 5.32 Å². The lowest BCUT2D eigenvalue weighted by atomic mass is 9.96. The van der Waals surface area contributed by atoms with Crippen molar-refractivity contribution in [1.29, 1.82) is 0 Å². The third-order valence-corrected chi connectivity index (χ3v) is 3.80. The molecular formula is C14H22ClNO4. The summed E-state index contributed by atoms with van der Waals surface area (Å²) in [6, 6.07) is 0. The molecule has 2 N–H and O–H groups in total. The molecular weight excluding hydrogens is 282 g/mol. The topological polar surface area (TPSA) is 60.0 Å². The number of aliphatic hydroxyl groups excluding tert-OH is 1. The van der Waals surface area contributed by atoms with Crippen LogP contribution in [-0.2, 0) is 14.2 Å². The highest BCUT2D eigenvalue weighted by Gasteiger charge is 2.40. The molecule has 5 nitrogen and oxygen atoms in total. The molecule has 20 heavy (non-hydrogen) atoms. The number of rotatable bonds is 6. The molecule has 0 spiro atoms. The van der Waals surface area contributed by atoms with Crippen LogP contribution in [0, 0.1) is 0 Å². The molecule has 1 saturated heterocycles. The van der Waals surface area contributed by atoms with Gasteiger partial charge in [-0.25, -0.2) is 0 Å². The number of hydrogen-bond acceptors (Lipinski definition) is 5. The number of hydrogen-bond donors (Lipinski definition) is 2. The van der Waals surface area contributed by atoms with Gasteiger partial charge in [-0.2, -0.15) is 0 Å². The SMILES string of the molecule is CO[C@@]1(C2=CC(OCC[C@H](C)O)=CC(Cl)N2)CCOC1. The van der Waals surface area contributed by atoms with Crippen LogP contribution in [0.5, 0.6) is 0 Å². The number of ether oxygens (including phenoxy) is 3. The normalized spacial score (nSPS) is 31.3. The molecule has 0 amide bonds. The van der Waals surface area contributed by atoms with E-state index in [1.807, 2.05) is 6.08 Å². The molecule has 0 radical (unpaired) electrons. The highest BCUT2D eigenvalue weighted by Crippen LogP contribution is 2.32. The summed E-state index contributed by atoms with van der Waals surface area (Å²) in [5, 5.41) is 12.4. The summed E-state index contributed by atoms with van der Waals surface area (Å²) in [5.41, 5.74) is 0.0662. The Bertz CT molecular complexity index is 389. The van der Waals surface area contributed by atoms with Gasteiger partial charge in [-0.1, -0.05) is 11.6 Å². The average molecular weight is 304 g/mol. The second kappa shape index (κ2) is 6.80. The predicted octanol–water partition coefficient (Wildman–Crippen LogP) is 1.52. The highest BCUT2D eigenvalue weighted by atomic mass is 35.5. The average Bonchev–Trinajstić information content (AvgIpc) is 2.87. The van der Waals surface area contributed by atoms with E-state index in [-0.39, 0.29) is 11.6 Å². The lowest BCUT2D eigenvalue weighted by molar-refractivity contribution is 0.00664. The van der Waals surface area contributed by atoms with E-state index in [2.05, 4.69) is 5.32 Å². The fourth-order valence-electron chi connectivity index (χ4n) is 2.30. The van der Waals surface area contributed by atoms with E-state index in [1.54, 1.807) is 20.1 Å². The molecule has 2 rings (SSSR count). The summed E-state index contributed by atoms with van der Waals surface area (Å²) < 4.78 is 16.7. The van der Waals surface area contributed by atoms with Gasteiger partial charge >= 0.3 is 0 Å². The van der Waals surface area contributed by atoms with Crippen molar-refractivity contribution in [3.8, 4) is 0 Å². The molecule has 2 heterocycles. The van der Waals surface area contributed by atoms with Crippen molar-refractivity contribution in [3.63, 3.8) is 0 Å². The van der Waals surface area contributed by atoms with Gasteiger partial charge in [0.15, 0.2) is 0 Å². The van der Waals surface area contributed by atoms with Crippen LogP contribution >= 0.6 is 11.6 Å². The number of dihydropyridines is 1. The Balaban J connectivity index is 2.05. The molecule has 6 heteroatoms. The van der Waals surface area contributed by atoms with Gasteiger partial charge in [-0.05, 0) is 13.0 Å². The second-order valence-electron chi connectivity index (χ2n) is 5.16. The lowest BCUT2D eigenvalue weighted by Gasteiger charge is -2.33.